The maximum Gasteiger partial charge on any atom is 0.252 e. The fraction of sp³-hybridized carbons (Fsp3) is 0.500. The summed E-state index contributed by atoms with van der Waals surface area (Å²) < 4.78 is 1.82. The molecular weight excluding hydrogens is 402 g/mol. The lowest BCUT2D eigenvalue weighted by Gasteiger charge is -2.37. The Bertz CT molecular complexity index is 1160. The van der Waals surface area contributed by atoms with Gasteiger partial charge in [0, 0.05) is 48.7 Å². The Morgan fingerprint density at radius 2 is 1.72 bits per heavy atom. The summed E-state index contributed by atoms with van der Waals surface area (Å²) >= 11 is 0. The van der Waals surface area contributed by atoms with Crippen LogP contribution in [-0.4, -0.2) is 44.9 Å². The Morgan fingerprint density at radius 3 is 2.41 bits per heavy atom. The molecule has 8 heteroatoms. The van der Waals surface area contributed by atoms with Crippen molar-refractivity contribution in [3.05, 3.63) is 46.2 Å². The molecule has 1 aliphatic heterocycles. The molecule has 0 spiro atoms. The first kappa shape index (κ1) is 20.9. The van der Waals surface area contributed by atoms with E-state index < -0.39 is 0 Å². The average molecular weight is 434 g/mol. The molecule has 2 aromatic heterocycles. The maximum atomic E-state index is 12.8. The summed E-state index contributed by atoms with van der Waals surface area (Å²) in [6.45, 7) is 8.31. The highest BCUT2D eigenvalue weighted by molar-refractivity contribution is 5.75. The molecule has 5 rings (SSSR count). The van der Waals surface area contributed by atoms with E-state index in [4.69, 9.17) is 4.98 Å². The smallest absolute Gasteiger partial charge is 0.252 e. The molecule has 0 radical (unpaired) electrons. The summed E-state index contributed by atoms with van der Waals surface area (Å²) in [7, 11) is 0. The number of benzene rings is 1. The zero-order chi connectivity index (χ0) is 22.2. The monoisotopic (exact) mass is 433 g/mol. The predicted molar refractivity (Wildman–Crippen MR) is 128 cm³/mol. The molecule has 1 saturated carbocycles. The number of pyridine rings is 1. The van der Waals surface area contributed by atoms with Crippen molar-refractivity contribution in [1.82, 2.24) is 25.1 Å². The molecule has 1 aliphatic carbocycles. The molecular formula is C24H31N7O. The minimum Gasteiger partial charge on any atom is -0.368 e. The molecule has 3 heterocycles. The minimum atomic E-state index is -0.00261. The van der Waals surface area contributed by atoms with Gasteiger partial charge in [-0.2, -0.15) is 4.98 Å². The molecule has 8 nitrogen and oxygen atoms in total. The molecule has 2 N–H and O–H groups in total. The van der Waals surface area contributed by atoms with Gasteiger partial charge in [0.25, 0.3) is 5.56 Å². The fourth-order valence-corrected chi connectivity index (χ4v) is 5.16. The topological polar surface area (TPSA) is 88.0 Å². The number of rotatable bonds is 4. The fourth-order valence-electron chi connectivity index (χ4n) is 5.16. The first-order valence-electron chi connectivity index (χ1n) is 11.6. The van der Waals surface area contributed by atoms with Gasteiger partial charge >= 0.3 is 0 Å². The van der Waals surface area contributed by atoms with Crippen LogP contribution in [-0.2, 0) is 0 Å². The van der Waals surface area contributed by atoms with Crippen molar-refractivity contribution in [2.45, 2.75) is 64.6 Å². The number of hydrogen-bond acceptors (Lipinski definition) is 7. The van der Waals surface area contributed by atoms with Gasteiger partial charge in [-0.25, -0.2) is 0 Å². The van der Waals surface area contributed by atoms with Gasteiger partial charge in [0.1, 0.15) is 5.52 Å². The zero-order valence-electron chi connectivity index (χ0n) is 19.0. The number of aryl methyl sites for hydroxylation is 1. The standard InChI is InChI=1S/C24H31N7O/c1-15-12-21(32)31(20-6-4-5-7-20)23-22(15)28-29-24(27-23)26-18-8-10-19(11-9-18)30-13-16(2)25-17(3)14-30/h8-12,16-17,20,25H,4-7,13-14H2,1-3H3,(H,26,27,29). The van der Waals surface area contributed by atoms with Gasteiger partial charge in [0.05, 0.1) is 0 Å². The Balaban J connectivity index is 1.42. The van der Waals surface area contributed by atoms with E-state index >= 15 is 0 Å². The molecule has 0 amide bonds. The molecule has 168 valence electrons. The average Bonchev–Trinajstić information content (AvgIpc) is 3.28. The van der Waals surface area contributed by atoms with E-state index in [1.54, 1.807) is 6.07 Å². The van der Waals surface area contributed by atoms with Crippen molar-refractivity contribution < 1.29 is 0 Å². The molecule has 2 fully saturated rings. The van der Waals surface area contributed by atoms with E-state index in [1.807, 2.05) is 23.6 Å². The molecule has 32 heavy (non-hydrogen) atoms. The van der Waals surface area contributed by atoms with Crippen molar-refractivity contribution in [3.63, 3.8) is 0 Å². The highest BCUT2D eigenvalue weighted by atomic mass is 16.1. The number of aromatic nitrogens is 4. The summed E-state index contributed by atoms with van der Waals surface area (Å²) in [5.41, 5.74) is 4.23. The molecule has 0 bridgehead atoms. The third-order valence-corrected chi connectivity index (χ3v) is 6.58. The zero-order valence-corrected chi connectivity index (χ0v) is 19.0. The van der Waals surface area contributed by atoms with Crippen LogP contribution in [0.25, 0.3) is 11.2 Å². The summed E-state index contributed by atoms with van der Waals surface area (Å²) in [5.74, 6) is 0.409. The number of anilines is 3. The van der Waals surface area contributed by atoms with Gasteiger partial charge < -0.3 is 15.5 Å². The number of nitrogens with zero attached hydrogens (tertiary/aromatic N) is 5. The van der Waals surface area contributed by atoms with E-state index in [0.29, 0.717) is 29.2 Å². The van der Waals surface area contributed by atoms with Gasteiger partial charge in [-0.1, -0.05) is 12.8 Å². The first-order chi connectivity index (χ1) is 15.5. The molecule has 2 unspecified atom stereocenters. The van der Waals surface area contributed by atoms with Crippen molar-refractivity contribution in [2.24, 2.45) is 0 Å². The molecule has 2 atom stereocenters. The van der Waals surface area contributed by atoms with Crippen LogP contribution in [0.1, 0.15) is 51.1 Å². The maximum absolute atomic E-state index is 12.8. The third kappa shape index (κ3) is 4.07. The van der Waals surface area contributed by atoms with Gasteiger partial charge in [0.2, 0.25) is 5.95 Å². The van der Waals surface area contributed by atoms with Crippen molar-refractivity contribution in [3.8, 4) is 0 Å². The summed E-state index contributed by atoms with van der Waals surface area (Å²) in [6.07, 6.45) is 4.31. The SMILES string of the molecule is Cc1cc(=O)n(C2CCCC2)c2nc(Nc3ccc(N4CC(C)NC(C)C4)cc3)nnc12. The lowest BCUT2D eigenvalue weighted by Crippen LogP contribution is -2.54. The van der Waals surface area contributed by atoms with Gasteiger partial charge in [0.15, 0.2) is 5.65 Å². The highest BCUT2D eigenvalue weighted by Crippen LogP contribution is 2.30. The molecule has 1 aromatic carbocycles. The summed E-state index contributed by atoms with van der Waals surface area (Å²) in [5, 5.41) is 15.5. The van der Waals surface area contributed by atoms with Crippen molar-refractivity contribution in [2.75, 3.05) is 23.3 Å². The summed E-state index contributed by atoms with van der Waals surface area (Å²) in [6, 6.07) is 11.1. The molecule has 3 aromatic rings. The normalized spacial score (nSPS) is 21.9. The molecule has 2 aliphatic rings. The van der Waals surface area contributed by atoms with Gasteiger partial charge in [-0.05, 0) is 63.4 Å². The van der Waals surface area contributed by atoms with Crippen LogP contribution < -0.4 is 21.1 Å². The second-order valence-corrected chi connectivity index (χ2v) is 9.33. The van der Waals surface area contributed by atoms with E-state index in [1.165, 1.54) is 5.69 Å². The Kier molecular flexibility index (Phi) is 5.55. The highest BCUT2D eigenvalue weighted by Gasteiger charge is 2.23. The van der Waals surface area contributed by atoms with E-state index in [9.17, 15) is 4.79 Å². The Morgan fingerprint density at radius 1 is 1.03 bits per heavy atom. The number of piperazine rings is 1. The number of hydrogen-bond donors (Lipinski definition) is 2. The van der Waals surface area contributed by atoms with Crippen molar-refractivity contribution >= 4 is 28.5 Å². The van der Waals surface area contributed by atoms with E-state index in [-0.39, 0.29) is 11.6 Å². The first-order valence-corrected chi connectivity index (χ1v) is 11.6. The van der Waals surface area contributed by atoms with Crippen molar-refractivity contribution in [1.29, 1.82) is 0 Å². The number of fused-ring (bicyclic) bond motifs is 1. The van der Waals surface area contributed by atoms with E-state index in [2.05, 4.69) is 51.7 Å². The van der Waals surface area contributed by atoms with Crippen LogP contribution in [0.5, 0.6) is 0 Å². The predicted octanol–water partition coefficient (Wildman–Crippen LogP) is 3.54. The lowest BCUT2D eigenvalue weighted by molar-refractivity contribution is 0.407. The largest absolute Gasteiger partial charge is 0.368 e. The van der Waals surface area contributed by atoms with Gasteiger partial charge in [-0.15, -0.1) is 10.2 Å². The van der Waals surface area contributed by atoms with Crippen LogP contribution >= 0.6 is 0 Å². The quantitative estimate of drug-likeness (QED) is 0.651. The number of nitrogens with one attached hydrogen (secondary N) is 2. The third-order valence-electron chi connectivity index (χ3n) is 6.58. The Labute approximate surface area is 188 Å². The molecule has 1 saturated heterocycles. The van der Waals surface area contributed by atoms with Gasteiger partial charge in [-0.3, -0.25) is 9.36 Å². The van der Waals surface area contributed by atoms with Crippen LogP contribution in [0.3, 0.4) is 0 Å². The van der Waals surface area contributed by atoms with Crippen LogP contribution in [0, 0.1) is 6.92 Å². The second kappa shape index (κ2) is 8.50. The lowest BCUT2D eigenvalue weighted by atomic mass is 10.1. The van der Waals surface area contributed by atoms with Crippen LogP contribution in [0.4, 0.5) is 17.3 Å². The summed E-state index contributed by atoms with van der Waals surface area (Å²) in [4.78, 5) is 19.9. The Hall–Kier alpha value is -3.00. The minimum absolute atomic E-state index is 0.00261. The second-order valence-electron chi connectivity index (χ2n) is 9.33. The van der Waals surface area contributed by atoms with Crippen LogP contribution in [0.15, 0.2) is 35.1 Å². The van der Waals surface area contributed by atoms with Crippen LogP contribution in [0.2, 0.25) is 0 Å². The van der Waals surface area contributed by atoms with E-state index in [0.717, 1.165) is 50.0 Å².